The molecule has 1 N–H and O–H groups in total. The van der Waals surface area contributed by atoms with E-state index in [2.05, 4.69) is 4.98 Å². The molecule has 1 aromatic rings. The first-order valence-corrected chi connectivity index (χ1v) is 7.82. The molecule has 116 valence electrons. The van der Waals surface area contributed by atoms with Crippen molar-refractivity contribution in [2.24, 2.45) is 5.92 Å². The van der Waals surface area contributed by atoms with Crippen LogP contribution in [0.5, 0.6) is 0 Å². The van der Waals surface area contributed by atoms with Crippen molar-refractivity contribution in [3.63, 3.8) is 0 Å². The van der Waals surface area contributed by atoms with Crippen molar-refractivity contribution in [1.29, 1.82) is 0 Å². The number of carbonyl (C=O) groups is 1. The predicted octanol–water partition coefficient (Wildman–Crippen LogP) is 2.01. The van der Waals surface area contributed by atoms with Gasteiger partial charge in [-0.2, -0.15) is 0 Å². The highest BCUT2D eigenvalue weighted by Gasteiger charge is 2.38. The fourth-order valence-corrected chi connectivity index (χ4v) is 3.91. The second-order valence-electron chi connectivity index (χ2n) is 6.32. The first-order valence-electron chi connectivity index (χ1n) is 7.82. The van der Waals surface area contributed by atoms with Crippen molar-refractivity contribution in [2.45, 2.75) is 44.0 Å². The number of pyridine rings is 1. The maximum Gasteiger partial charge on any atom is 0.165 e. The van der Waals surface area contributed by atoms with E-state index in [-0.39, 0.29) is 17.8 Å². The third-order valence-corrected chi connectivity index (χ3v) is 5.09. The smallest absolute Gasteiger partial charge is 0.165 e. The lowest BCUT2D eigenvalue weighted by atomic mass is 9.73. The van der Waals surface area contributed by atoms with Crippen molar-refractivity contribution >= 4 is 5.78 Å². The highest BCUT2D eigenvalue weighted by atomic mass is 16.5. The van der Waals surface area contributed by atoms with E-state index in [9.17, 15) is 9.90 Å². The summed E-state index contributed by atoms with van der Waals surface area (Å²) in [5.74, 6) is 0.481. The number of aliphatic hydroxyl groups is 1. The molecule has 3 aliphatic rings. The molecule has 0 spiro atoms. The van der Waals surface area contributed by atoms with Gasteiger partial charge in [0.05, 0.1) is 25.4 Å². The van der Waals surface area contributed by atoms with Gasteiger partial charge in [-0.15, -0.1) is 0 Å². The molecule has 0 bridgehead atoms. The topological polar surface area (TPSA) is 68.7 Å². The summed E-state index contributed by atoms with van der Waals surface area (Å²) in [6, 6.07) is 0. The van der Waals surface area contributed by atoms with Crippen LogP contribution in [0, 0.1) is 5.92 Å². The summed E-state index contributed by atoms with van der Waals surface area (Å²) < 4.78 is 11.2. The molecule has 0 radical (unpaired) electrons. The predicted molar refractivity (Wildman–Crippen MR) is 78.0 cm³/mol. The Morgan fingerprint density at radius 3 is 3.00 bits per heavy atom. The number of fused-ring (bicyclic) bond motifs is 2. The van der Waals surface area contributed by atoms with Crippen LogP contribution in [-0.4, -0.2) is 28.6 Å². The molecule has 1 aliphatic carbocycles. The number of ether oxygens (including phenoxy) is 2. The van der Waals surface area contributed by atoms with E-state index >= 15 is 0 Å². The minimum absolute atomic E-state index is 0.00409. The molecule has 1 aromatic heterocycles. The Morgan fingerprint density at radius 2 is 2.09 bits per heavy atom. The Kier molecular flexibility index (Phi) is 3.47. The number of aliphatic hydroxyl groups excluding tert-OH is 1. The average Bonchev–Trinajstić information content (AvgIpc) is 2.55. The maximum absolute atomic E-state index is 11.9. The maximum atomic E-state index is 11.9. The van der Waals surface area contributed by atoms with Crippen LogP contribution in [0.15, 0.2) is 24.7 Å². The number of nitrogens with zero attached hydrogens (tertiary/aromatic N) is 1. The molecule has 1 saturated carbocycles. The van der Waals surface area contributed by atoms with Crippen LogP contribution < -0.4 is 0 Å². The van der Waals surface area contributed by atoms with Crippen LogP contribution in [0.2, 0.25) is 0 Å². The SMILES string of the molecule is O=C1C=COC2CC(c3cncc4c3COCC4O)CCC12. The lowest BCUT2D eigenvalue weighted by Gasteiger charge is -2.37. The van der Waals surface area contributed by atoms with Crippen LogP contribution in [0.1, 0.15) is 48.0 Å². The molecule has 0 amide bonds. The Bertz CT molecular complexity index is 627. The van der Waals surface area contributed by atoms with Crippen molar-refractivity contribution in [2.75, 3.05) is 6.61 Å². The highest BCUT2D eigenvalue weighted by Crippen LogP contribution is 2.42. The summed E-state index contributed by atoms with van der Waals surface area (Å²) in [6.45, 7) is 0.852. The van der Waals surface area contributed by atoms with Gasteiger partial charge in [0.25, 0.3) is 0 Å². The number of allylic oxidation sites excluding steroid dienone is 1. The van der Waals surface area contributed by atoms with Gasteiger partial charge in [0.15, 0.2) is 5.78 Å². The van der Waals surface area contributed by atoms with Gasteiger partial charge in [-0.1, -0.05) is 0 Å². The zero-order valence-electron chi connectivity index (χ0n) is 12.3. The lowest BCUT2D eigenvalue weighted by Crippen LogP contribution is -2.37. The Hall–Kier alpha value is -1.72. The Balaban J connectivity index is 1.62. The molecule has 2 aliphatic heterocycles. The molecule has 22 heavy (non-hydrogen) atoms. The number of aromatic nitrogens is 1. The van der Waals surface area contributed by atoms with Crippen LogP contribution in [0.25, 0.3) is 0 Å². The third-order valence-electron chi connectivity index (χ3n) is 5.09. The van der Waals surface area contributed by atoms with E-state index < -0.39 is 6.10 Å². The standard InChI is InChI=1S/C17H19NO4/c19-15-3-4-22-17-5-10(1-2-11(15)17)12-6-18-7-13-14(12)8-21-9-16(13)20/h3-4,6-7,10-11,16-17,20H,1-2,5,8-9H2. The molecule has 0 aromatic carbocycles. The zero-order valence-corrected chi connectivity index (χ0v) is 12.3. The number of carbonyl (C=O) groups excluding carboxylic acids is 1. The highest BCUT2D eigenvalue weighted by molar-refractivity contribution is 5.92. The molecule has 5 heteroatoms. The zero-order chi connectivity index (χ0) is 15.1. The number of hydrogen-bond acceptors (Lipinski definition) is 5. The summed E-state index contributed by atoms with van der Waals surface area (Å²) in [6.07, 6.45) is 8.64. The molecule has 3 heterocycles. The Labute approximate surface area is 129 Å². The van der Waals surface area contributed by atoms with Crippen LogP contribution in [0.4, 0.5) is 0 Å². The molecule has 5 nitrogen and oxygen atoms in total. The largest absolute Gasteiger partial charge is 0.497 e. The summed E-state index contributed by atoms with van der Waals surface area (Å²) in [7, 11) is 0. The van der Waals surface area contributed by atoms with E-state index in [1.165, 1.54) is 12.3 Å². The van der Waals surface area contributed by atoms with E-state index in [4.69, 9.17) is 9.47 Å². The van der Waals surface area contributed by atoms with Crippen molar-refractivity contribution in [3.8, 4) is 0 Å². The molecule has 1 fully saturated rings. The summed E-state index contributed by atoms with van der Waals surface area (Å²) in [4.78, 5) is 16.2. The normalized spacial score (nSPS) is 33.8. The van der Waals surface area contributed by atoms with Gasteiger partial charge in [0.2, 0.25) is 0 Å². The molecular formula is C17H19NO4. The second kappa shape index (κ2) is 5.48. The van der Waals surface area contributed by atoms with Crippen molar-refractivity contribution in [1.82, 2.24) is 4.98 Å². The average molecular weight is 301 g/mol. The lowest BCUT2D eigenvalue weighted by molar-refractivity contribution is -0.125. The number of ketones is 1. The molecule has 4 unspecified atom stereocenters. The number of rotatable bonds is 1. The summed E-state index contributed by atoms with van der Waals surface area (Å²) >= 11 is 0. The summed E-state index contributed by atoms with van der Waals surface area (Å²) in [5.41, 5.74) is 3.08. The first kappa shape index (κ1) is 13.9. The molecule has 4 atom stereocenters. The van der Waals surface area contributed by atoms with Crippen LogP contribution in [0.3, 0.4) is 0 Å². The van der Waals surface area contributed by atoms with E-state index in [1.807, 2.05) is 6.20 Å². The molecule has 4 rings (SSSR count). The quantitative estimate of drug-likeness (QED) is 0.859. The molecular weight excluding hydrogens is 282 g/mol. The summed E-state index contributed by atoms with van der Waals surface area (Å²) in [5, 5.41) is 10.1. The van der Waals surface area contributed by atoms with E-state index in [0.29, 0.717) is 19.1 Å². The van der Waals surface area contributed by atoms with Crippen LogP contribution in [-0.2, 0) is 20.9 Å². The minimum Gasteiger partial charge on any atom is -0.497 e. The fraction of sp³-hybridized carbons (Fsp3) is 0.529. The van der Waals surface area contributed by atoms with Gasteiger partial charge in [0.1, 0.15) is 12.2 Å². The van der Waals surface area contributed by atoms with E-state index in [0.717, 1.165) is 36.0 Å². The van der Waals surface area contributed by atoms with E-state index in [1.54, 1.807) is 6.20 Å². The van der Waals surface area contributed by atoms with Gasteiger partial charge >= 0.3 is 0 Å². The second-order valence-corrected chi connectivity index (χ2v) is 6.32. The fourth-order valence-electron chi connectivity index (χ4n) is 3.91. The minimum atomic E-state index is -0.594. The van der Waals surface area contributed by atoms with Crippen molar-refractivity contribution in [3.05, 3.63) is 41.4 Å². The number of hydrogen-bond donors (Lipinski definition) is 1. The Morgan fingerprint density at radius 1 is 1.23 bits per heavy atom. The van der Waals surface area contributed by atoms with Gasteiger partial charge < -0.3 is 14.6 Å². The first-order chi connectivity index (χ1) is 10.7. The monoisotopic (exact) mass is 301 g/mol. The van der Waals surface area contributed by atoms with Crippen molar-refractivity contribution < 1.29 is 19.4 Å². The van der Waals surface area contributed by atoms with Gasteiger partial charge in [-0.25, -0.2) is 0 Å². The van der Waals surface area contributed by atoms with Gasteiger partial charge in [0, 0.05) is 24.0 Å². The van der Waals surface area contributed by atoms with Crippen LogP contribution >= 0.6 is 0 Å². The van der Waals surface area contributed by atoms with Gasteiger partial charge in [-0.05, 0) is 36.3 Å². The van der Waals surface area contributed by atoms with Gasteiger partial charge in [-0.3, -0.25) is 9.78 Å². The third kappa shape index (κ3) is 2.25. The molecule has 0 saturated heterocycles.